The van der Waals surface area contributed by atoms with Crippen LogP contribution in [0.1, 0.15) is 63.5 Å². The predicted octanol–water partition coefficient (Wildman–Crippen LogP) is 4.39. The smallest absolute Gasteiger partial charge is 0.255 e. The molecule has 3 aliphatic rings. The van der Waals surface area contributed by atoms with Gasteiger partial charge in [0.1, 0.15) is 0 Å². The zero-order chi connectivity index (χ0) is 25.7. The summed E-state index contributed by atoms with van der Waals surface area (Å²) in [7, 11) is 0. The minimum Gasteiger partial charge on any atom is -0.380 e. The molecule has 1 unspecified atom stereocenters. The van der Waals surface area contributed by atoms with Crippen molar-refractivity contribution in [1.82, 2.24) is 10.2 Å². The number of nitrogens with zero attached hydrogens (tertiary/aromatic N) is 1. The Labute approximate surface area is 218 Å². The van der Waals surface area contributed by atoms with Crippen LogP contribution < -0.4 is 5.32 Å². The number of carbonyl (C=O) groups is 2. The second-order valence-corrected chi connectivity index (χ2v) is 10.4. The summed E-state index contributed by atoms with van der Waals surface area (Å²) in [4.78, 5) is 27.2. The van der Waals surface area contributed by atoms with Crippen LogP contribution in [0.4, 0.5) is 0 Å². The molecule has 0 aromatic heterocycles. The molecule has 7 heteroatoms. The monoisotopic (exact) mass is 510 g/mol. The number of likely N-dealkylation sites (tertiary alicyclic amines) is 1. The lowest BCUT2D eigenvalue weighted by Gasteiger charge is -2.29. The standard InChI is InChI=1S/C29H35ClN2O4/c1-19(22-14-12-21(13-15-22)17-20-7-3-2-4-8-20)31-28(35)26(33)27(34)29(36)32-16-6-11-25(32)23-9-5-10-24(30)18-23/h5,9-10,12-14,17-20,25-27,33-34H,2-4,6-8,11,16H2,1H3,(H,31,35)/b21-17+/t19-,25?,26-,27-/m1/s1. The Morgan fingerprint density at radius 2 is 1.89 bits per heavy atom. The molecule has 6 nitrogen and oxygen atoms in total. The van der Waals surface area contributed by atoms with Crippen molar-refractivity contribution < 1.29 is 19.8 Å². The number of benzene rings is 1. The second-order valence-electron chi connectivity index (χ2n) is 10.0. The van der Waals surface area contributed by atoms with E-state index in [0.29, 0.717) is 17.5 Å². The van der Waals surface area contributed by atoms with Gasteiger partial charge in [-0.2, -0.15) is 0 Å². The minimum atomic E-state index is -1.88. The van der Waals surface area contributed by atoms with Crippen molar-refractivity contribution in [3.05, 3.63) is 76.0 Å². The summed E-state index contributed by atoms with van der Waals surface area (Å²) >= 11 is 6.11. The van der Waals surface area contributed by atoms with E-state index in [9.17, 15) is 19.8 Å². The van der Waals surface area contributed by atoms with E-state index in [1.807, 2.05) is 30.4 Å². The Hall–Kier alpha value is -2.63. The lowest BCUT2D eigenvalue weighted by atomic mass is 9.87. The summed E-state index contributed by atoms with van der Waals surface area (Å²) in [6.45, 7) is 2.22. The molecule has 3 N–H and O–H groups in total. The van der Waals surface area contributed by atoms with Gasteiger partial charge in [-0.05, 0) is 73.9 Å². The first kappa shape index (κ1) is 26.4. The topological polar surface area (TPSA) is 89.9 Å². The Morgan fingerprint density at radius 3 is 2.58 bits per heavy atom. The van der Waals surface area contributed by atoms with E-state index in [-0.39, 0.29) is 6.04 Å². The van der Waals surface area contributed by atoms with Gasteiger partial charge in [0, 0.05) is 17.1 Å². The molecular formula is C29H35ClN2O4. The molecule has 192 valence electrons. The summed E-state index contributed by atoms with van der Waals surface area (Å²) < 4.78 is 0. The second kappa shape index (κ2) is 12.1. The SMILES string of the molecule is C[C@@H](NC(=O)[C@H](O)[C@@H](O)C(=O)N1CCCC1c1cccc(Cl)c1)C1=C=C/C(=C/C2CCCCC2)C=C1. The van der Waals surface area contributed by atoms with Gasteiger partial charge in [-0.3, -0.25) is 9.59 Å². The van der Waals surface area contributed by atoms with Crippen molar-refractivity contribution in [1.29, 1.82) is 0 Å². The van der Waals surface area contributed by atoms with Gasteiger partial charge in [-0.1, -0.05) is 55.1 Å². The molecule has 1 saturated heterocycles. The highest BCUT2D eigenvalue weighted by atomic mass is 35.5. The van der Waals surface area contributed by atoms with Crippen LogP contribution in [-0.4, -0.2) is 51.7 Å². The maximum Gasteiger partial charge on any atom is 0.255 e. The minimum absolute atomic E-state index is 0.251. The van der Waals surface area contributed by atoms with E-state index in [1.54, 1.807) is 19.1 Å². The van der Waals surface area contributed by atoms with Crippen LogP contribution in [0.15, 0.2) is 65.4 Å². The number of aliphatic hydroxyl groups is 2. The molecule has 1 heterocycles. The maximum atomic E-state index is 13.0. The molecule has 2 aliphatic carbocycles. The van der Waals surface area contributed by atoms with Crippen LogP contribution in [-0.2, 0) is 9.59 Å². The largest absolute Gasteiger partial charge is 0.380 e. The van der Waals surface area contributed by atoms with E-state index < -0.39 is 30.1 Å². The van der Waals surface area contributed by atoms with Gasteiger partial charge in [0.2, 0.25) is 0 Å². The van der Waals surface area contributed by atoms with Gasteiger partial charge < -0.3 is 20.4 Å². The number of hydrogen-bond donors (Lipinski definition) is 3. The highest BCUT2D eigenvalue weighted by molar-refractivity contribution is 6.30. The van der Waals surface area contributed by atoms with Gasteiger partial charge >= 0.3 is 0 Å². The van der Waals surface area contributed by atoms with Crippen molar-refractivity contribution in [2.45, 2.75) is 76.2 Å². The molecule has 2 fully saturated rings. The van der Waals surface area contributed by atoms with Crippen molar-refractivity contribution >= 4 is 23.4 Å². The molecule has 4 atom stereocenters. The molecule has 1 saturated carbocycles. The Bertz CT molecular complexity index is 1100. The lowest BCUT2D eigenvalue weighted by Crippen LogP contribution is -2.52. The Balaban J connectivity index is 1.35. The maximum absolute atomic E-state index is 13.0. The normalized spacial score (nSPS) is 23.9. The molecule has 2 amide bonds. The number of rotatable bonds is 7. The molecular weight excluding hydrogens is 476 g/mol. The molecule has 0 bridgehead atoms. The average molecular weight is 511 g/mol. The zero-order valence-electron chi connectivity index (χ0n) is 20.7. The number of halogens is 1. The Morgan fingerprint density at radius 1 is 1.11 bits per heavy atom. The van der Waals surface area contributed by atoms with Gasteiger partial charge in [0.05, 0.1) is 12.1 Å². The van der Waals surface area contributed by atoms with Gasteiger partial charge in [-0.25, -0.2) is 0 Å². The fourth-order valence-electron chi connectivity index (χ4n) is 5.31. The third-order valence-corrected chi connectivity index (χ3v) is 7.59. The van der Waals surface area contributed by atoms with Gasteiger partial charge in [0.25, 0.3) is 11.8 Å². The summed E-state index contributed by atoms with van der Waals surface area (Å²) in [6, 6.07) is 6.56. The summed E-state index contributed by atoms with van der Waals surface area (Å²) in [6.07, 6.45) is 12.2. The first-order valence-electron chi connectivity index (χ1n) is 12.9. The van der Waals surface area contributed by atoms with E-state index in [0.717, 1.165) is 29.6 Å². The van der Waals surface area contributed by atoms with Crippen LogP contribution in [0.5, 0.6) is 0 Å². The van der Waals surface area contributed by atoms with Crippen LogP contribution in [0, 0.1) is 5.92 Å². The van der Waals surface area contributed by atoms with Crippen LogP contribution in [0.25, 0.3) is 0 Å². The van der Waals surface area contributed by atoms with E-state index in [4.69, 9.17) is 11.6 Å². The van der Waals surface area contributed by atoms with E-state index in [2.05, 4.69) is 17.1 Å². The molecule has 36 heavy (non-hydrogen) atoms. The first-order chi connectivity index (χ1) is 17.3. The van der Waals surface area contributed by atoms with Gasteiger partial charge in [0.15, 0.2) is 12.2 Å². The lowest BCUT2D eigenvalue weighted by molar-refractivity contribution is -0.154. The van der Waals surface area contributed by atoms with E-state index in [1.165, 1.54) is 37.0 Å². The quantitative estimate of drug-likeness (QED) is 0.475. The van der Waals surface area contributed by atoms with Crippen LogP contribution >= 0.6 is 11.6 Å². The van der Waals surface area contributed by atoms with Crippen LogP contribution in [0.3, 0.4) is 0 Å². The highest BCUT2D eigenvalue weighted by Gasteiger charge is 2.38. The molecule has 1 aliphatic heterocycles. The molecule has 0 radical (unpaired) electrons. The summed E-state index contributed by atoms with van der Waals surface area (Å²) in [5.74, 6) is -0.853. The fraction of sp³-hybridized carbons (Fsp3) is 0.483. The first-order valence-corrected chi connectivity index (χ1v) is 13.3. The van der Waals surface area contributed by atoms with Crippen LogP contribution in [0.2, 0.25) is 5.02 Å². The zero-order valence-corrected chi connectivity index (χ0v) is 21.5. The van der Waals surface area contributed by atoms with Crippen molar-refractivity contribution in [2.24, 2.45) is 5.92 Å². The summed E-state index contributed by atoms with van der Waals surface area (Å²) in [5, 5.41) is 24.3. The predicted molar refractivity (Wildman–Crippen MR) is 140 cm³/mol. The third-order valence-electron chi connectivity index (χ3n) is 7.35. The molecule has 1 aromatic rings. The average Bonchev–Trinajstić information content (AvgIpc) is 3.38. The molecule has 1 aromatic carbocycles. The number of allylic oxidation sites excluding steroid dienone is 3. The van der Waals surface area contributed by atoms with Crippen molar-refractivity contribution in [2.75, 3.05) is 6.54 Å². The molecule has 0 spiro atoms. The Kier molecular flexibility index (Phi) is 8.86. The number of hydrogen-bond acceptors (Lipinski definition) is 4. The van der Waals surface area contributed by atoms with Crippen molar-refractivity contribution in [3.63, 3.8) is 0 Å². The number of aliphatic hydroxyl groups excluding tert-OH is 2. The third kappa shape index (κ3) is 6.37. The number of carbonyl (C=O) groups excluding carboxylic acids is 2. The fourth-order valence-corrected chi connectivity index (χ4v) is 5.51. The van der Waals surface area contributed by atoms with E-state index >= 15 is 0 Å². The van der Waals surface area contributed by atoms with Gasteiger partial charge in [-0.15, -0.1) is 5.73 Å². The number of nitrogens with one attached hydrogen (secondary N) is 1. The summed E-state index contributed by atoms with van der Waals surface area (Å²) in [5.41, 5.74) is 5.97. The van der Waals surface area contributed by atoms with Crippen molar-refractivity contribution in [3.8, 4) is 0 Å². The molecule has 4 rings (SSSR count). The highest BCUT2D eigenvalue weighted by Crippen LogP contribution is 2.33. The number of amides is 2.